The highest BCUT2D eigenvalue weighted by atomic mass is 16.4. The van der Waals surface area contributed by atoms with Crippen LogP contribution in [0.15, 0.2) is 29.4 Å². The molecule has 1 aromatic rings. The van der Waals surface area contributed by atoms with Crippen LogP contribution < -0.4 is 5.46 Å². The molecule has 0 unspecified atom stereocenters. The van der Waals surface area contributed by atoms with Gasteiger partial charge in [0.15, 0.2) is 0 Å². The Morgan fingerprint density at radius 2 is 2.14 bits per heavy atom. The third kappa shape index (κ3) is 2.31. The van der Waals surface area contributed by atoms with Gasteiger partial charge in [0.1, 0.15) is 0 Å². The number of rotatable bonds is 3. The van der Waals surface area contributed by atoms with Crippen LogP contribution in [0.4, 0.5) is 0 Å². The second-order valence-corrected chi connectivity index (χ2v) is 2.95. The molecule has 3 nitrogen and oxygen atoms in total. The fourth-order valence-electron chi connectivity index (χ4n) is 1.28. The molecule has 2 N–H and O–H groups in total. The number of hydrogen-bond donors (Lipinski definition) is 2. The fourth-order valence-corrected chi connectivity index (χ4v) is 1.28. The third-order valence-electron chi connectivity index (χ3n) is 1.98. The molecular weight excluding hydrogens is 177 g/mol. The molecule has 1 aromatic carbocycles. The van der Waals surface area contributed by atoms with Crippen LogP contribution in [0.3, 0.4) is 0 Å². The largest absolute Gasteiger partial charge is 0.489 e. The van der Waals surface area contributed by atoms with E-state index in [-0.39, 0.29) is 0 Å². The van der Waals surface area contributed by atoms with Crippen molar-refractivity contribution in [3.8, 4) is 0 Å². The van der Waals surface area contributed by atoms with Crippen LogP contribution in [-0.2, 0) is 0 Å². The van der Waals surface area contributed by atoms with Crippen molar-refractivity contribution >= 4 is 25.4 Å². The smallest absolute Gasteiger partial charge is 0.423 e. The van der Waals surface area contributed by atoms with Crippen molar-refractivity contribution in [3.05, 3.63) is 35.5 Å². The summed E-state index contributed by atoms with van der Waals surface area (Å²) in [4.78, 5) is 3.58. The zero-order valence-corrected chi connectivity index (χ0v) is 8.01. The molecular formula is C10H12BNO2. The van der Waals surface area contributed by atoms with E-state index < -0.39 is 7.12 Å². The van der Waals surface area contributed by atoms with Crippen LogP contribution in [0.1, 0.15) is 11.1 Å². The van der Waals surface area contributed by atoms with E-state index in [0.29, 0.717) is 5.46 Å². The third-order valence-corrected chi connectivity index (χ3v) is 1.98. The minimum absolute atomic E-state index is 0.477. The zero-order valence-electron chi connectivity index (χ0n) is 8.01. The first-order valence-electron chi connectivity index (χ1n) is 4.25. The Morgan fingerprint density at radius 3 is 2.71 bits per heavy atom. The van der Waals surface area contributed by atoms with Gasteiger partial charge in [-0.15, -0.1) is 0 Å². The molecule has 0 fully saturated rings. The quantitative estimate of drug-likeness (QED) is 0.532. The van der Waals surface area contributed by atoms with Gasteiger partial charge in [-0.1, -0.05) is 18.2 Å². The Kier molecular flexibility index (Phi) is 3.62. The average molecular weight is 189 g/mol. The van der Waals surface area contributed by atoms with E-state index in [1.54, 1.807) is 18.2 Å². The van der Waals surface area contributed by atoms with E-state index in [4.69, 9.17) is 10.0 Å². The number of benzene rings is 1. The normalized spacial score (nSPS) is 10.5. The molecule has 0 atom stereocenters. The van der Waals surface area contributed by atoms with E-state index in [1.165, 1.54) is 6.20 Å². The Morgan fingerprint density at radius 1 is 1.43 bits per heavy atom. The van der Waals surface area contributed by atoms with Gasteiger partial charge in [0.2, 0.25) is 0 Å². The van der Waals surface area contributed by atoms with Gasteiger partial charge in [-0.3, -0.25) is 4.99 Å². The van der Waals surface area contributed by atoms with Crippen LogP contribution in [0.2, 0.25) is 0 Å². The molecule has 4 heteroatoms. The van der Waals surface area contributed by atoms with Gasteiger partial charge >= 0.3 is 7.12 Å². The fraction of sp³-hybridized carbons (Fsp3) is 0.100. The van der Waals surface area contributed by atoms with Gasteiger partial charge in [-0.25, -0.2) is 0 Å². The molecule has 1 rings (SSSR count). The Labute approximate surface area is 83.6 Å². The first-order chi connectivity index (χ1) is 6.66. The van der Waals surface area contributed by atoms with Crippen molar-refractivity contribution < 1.29 is 10.0 Å². The van der Waals surface area contributed by atoms with Crippen molar-refractivity contribution in [2.24, 2.45) is 4.99 Å². The summed E-state index contributed by atoms with van der Waals surface area (Å²) in [6, 6.07) is 5.35. The molecule has 0 aliphatic heterocycles. The molecule has 0 saturated heterocycles. The second-order valence-electron chi connectivity index (χ2n) is 2.95. The summed E-state index contributed by atoms with van der Waals surface area (Å²) in [5.41, 5.74) is 2.22. The summed E-state index contributed by atoms with van der Waals surface area (Å²) < 4.78 is 0. The topological polar surface area (TPSA) is 52.8 Å². The first-order valence-corrected chi connectivity index (χ1v) is 4.25. The summed E-state index contributed by atoms with van der Waals surface area (Å²) in [7, 11) is -1.46. The van der Waals surface area contributed by atoms with Crippen molar-refractivity contribution in [3.63, 3.8) is 0 Å². The summed E-state index contributed by atoms with van der Waals surface area (Å²) in [6.45, 7) is 5.22. The highest BCUT2D eigenvalue weighted by Crippen LogP contribution is 2.07. The summed E-state index contributed by atoms with van der Waals surface area (Å²) in [5, 5.41) is 18.2. The molecule has 0 radical (unpaired) electrons. The molecule has 14 heavy (non-hydrogen) atoms. The number of hydrogen-bond acceptors (Lipinski definition) is 3. The molecule has 0 spiro atoms. The van der Waals surface area contributed by atoms with E-state index in [1.807, 2.05) is 13.0 Å². The molecule has 0 amide bonds. The van der Waals surface area contributed by atoms with Crippen molar-refractivity contribution in [2.75, 3.05) is 0 Å². The summed E-state index contributed by atoms with van der Waals surface area (Å²) in [6.07, 6.45) is 3.23. The van der Waals surface area contributed by atoms with Crippen molar-refractivity contribution in [2.45, 2.75) is 6.92 Å². The lowest BCUT2D eigenvalue weighted by molar-refractivity contribution is 0.425. The highest BCUT2D eigenvalue weighted by Gasteiger charge is 2.15. The van der Waals surface area contributed by atoms with Crippen LogP contribution in [0.25, 0.3) is 6.08 Å². The maximum Gasteiger partial charge on any atom is 0.489 e. The molecule has 0 bridgehead atoms. The zero-order chi connectivity index (χ0) is 10.6. The van der Waals surface area contributed by atoms with Gasteiger partial charge in [0, 0.05) is 6.20 Å². The Hall–Kier alpha value is -1.39. The maximum absolute atomic E-state index is 9.10. The summed E-state index contributed by atoms with van der Waals surface area (Å²) in [5.74, 6) is 0. The number of nitrogens with zero attached hydrogens (tertiary/aromatic N) is 1. The predicted molar refractivity (Wildman–Crippen MR) is 59.6 cm³/mol. The molecule has 0 saturated carbocycles. The van der Waals surface area contributed by atoms with E-state index >= 15 is 0 Å². The molecule has 0 heterocycles. The van der Waals surface area contributed by atoms with E-state index in [9.17, 15) is 0 Å². The highest BCUT2D eigenvalue weighted by molar-refractivity contribution is 6.59. The predicted octanol–water partition coefficient (Wildman–Crippen LogP) is 0.346. The lowest BCUT2D eigenvalue weighted by Gasteiger charge is -2.07. The SMILES string of the molecule is C=N/C=C\c1c(C)cccc1B(O)O. The molecule has 0 aromatic heterocycles. The molecule has 0 aliphatic carbocycles. The van der Waals surface area contributed by atoms with Gasteiger partial charge in [-0.05, 0) is 36.3 Å². The standard InChI is InChI=1S/C10H12BNO2/c1-8-4-3-5-10(11(13)14)9(8)6-7-12-2/h3-7,13-14H,2H2,1H3/b7-6-. The van der Waals surface area contributed by atoms with Crippen molar-refractivity contribution in [1.29, 1.82) is 0 Å². The number of aliphatic imine (C=N–C) groups is 1. The van der Waals surface area contributed by atoms with Crippen LogP contribution in [-0.4, -0.2) is 23.9 Å². The van der Waals surface area contributed by atoms with Gasteiger partial charge in [-0.2, -0.15) is 0 Å². The molecule has 72 valence electrons. The maximum atomic E-state index is 9.10. The van der Waals surface area contributed by atoms with Crippen molar-refractivity contribution in [1.82, 2.24) is 0 Å². The lowest BCUT2D eigenvalue weighted by Crippen LogP contribution is -2.32. The average Bonchev–Trinajstić information content (AvgIpc) is 2.15. The van der Waals surface area contributed by atoms with Gasteiger partial charge in [0.05, 0.1) is 0 Å². The van der Waals surface area contributed by atoms with Gasteiger partial charge in [0.25, 0.3) is 0 Å². The monoisotopic (exact) mass is 189 g/mol. The van der Waals surface area contributed by atoms with Crippen LogP contribution >= 0.6 is 0 Å². The second kappa shape index (κ2) is 4.74. The van der Waals surface area contributed by atoms with Crippen LogP contribution in [0, 0.1) is 6.92 Å². The first kappa shape index (κ1) is 10.7. The van der Waals surface area contributed by atoms with E-state index in [0.717, 1.165) is 11.1 Å². The summed E-state index contributed by atoms with van der Waals surface area (Å²) >= 11 is 0. The van der Waals surface area contributed by atoms with E-state index in [2.05, 4.69) is 11.7 Å². The van der Waals surface area contributed by atoms with Crippen LogP contribution in [0.5, 0.6) is 0 Å². The Balaban J connectivity index is 3.21. The minimum Gasteiger partial charge on any atom is -0.423 e. The molecule has 0 aliphatic rings. The lowest BCUT2D eigenvalue weighted by atomic mass is 9.76. The minimum atomic E-state index is -1.46. The van der Waals surface area contributed by atoms with Gasteiger partial charge < -0.3 is 10.0 Å². The Bertz CT molecular complexity index is 361. The number of aryl methyl sites for hydroxylation is 1.